The van der Waals surface area contributed by atoms with E-state index in [0.29, 0.717) is 23.9 Å². The van der Waals surface area contributed by atoms with Gasteiger partial charge >= 0.3 is 6.18 Å². The molecule has 0 spiro atoms. The molecule has 190 valence electrons. The Bertz CT molecular complexity index is 1400. The number of hydrogen-bond donors (Lipinski definition) is 1. The van der Waals surface area contributed by atoms with Crippen molar-refractivity contribution in [1.29, 1.82) is 5.26 Å². The fourth-order valence-corrected chi connectivity index (χ4v) is 4.23. The molecule has 2 aliphatic rings. The first-order chi connectivity index (χ1) is 17.7. The number of hydrogen-bond acceptors (Lipinski definition) is 9. The van der Waals surface area contributed by atoms with Crippen LogP contribution in [0.5, 0.6) is 11.6 Å². The van der Waals surface area contributed by atoms with E-state index in [1.165, 1.54) is 6.20 Å². The number of halogens is 3. The summed E-state index contributed by atoms with van der Waals surface area (Å²) in [6.07, 6.45) is -0.606. The minimum absolute atomic E-state index is 0.0187. The van der Waals surface area contributed by atoms with Crippen LogP contribution in [0.25, 0.3) is 0 Å². The van der Waals surface area contributed by atoms with Crippen molar-refractivity contribution in [3.05, 3.63) is 53.1 Å². The van der Waals surface area contributed by atoms with E-state index in [2.05, 4.69) is 25.3 Å². The summed E-state index contributed by atoms with van der Waals surface area (Å²) in [5.41, 5.74) is 1.25. The second kappa shape index (κ2) is 9.20. The normalized spacial score (nSPS) is 16.8. The average Bonchev–Trinajstić information content (AvgIpc) is 2.89. The third kappa shape index (κ3) is 4.57. The summed E-state index contributed by atoms with van der Waals surface area (Å²) in [6.45, 7) is 2.74. The minimum Gasteiger partial charge on any atom is -0.436 e. The van der Waals surface area contributed by atoms with Gasteiger partial charge in [0.05, 0.1) is 11.9 Å². The molecular weight excluding hydrogens is 489 g/mol. The molecule has 1 atom stereocenters. The number of aromatic nitrogens is 4. The molecule has 0 bridgehead atoms. The second-order valence-electron chi connectivity index (χ2n) is 8.69. The van der Waals surface area contributed by atoms with Crippen molar-refractivity contribution >= 4 is 23.4 Å². The molecule has 13 heteroatoms. The molecule has 2 aliphatic heterocycles. The lowest BCUT2D eigenvalue weighted by Crippen LogP contribution is -2.53. The number of rotatable bonds is 5. The molecule has 0 saturated carbocycles. The molecule has 0 aromatic carbocycles. The van der Waals surface area contributed by atoms with E-state index in [0.717, 1.165) is 42.6 Å². The van der Waals surface area contributed by atoms with Crippen molar-refractivity contribution in [3.63, 3.8) is 0 Å². The first kappa shape index (κ1) is 24.2. The standard InChI is InChI=1S/C24H21F3N8O2/c1-13-22(36)35-7-3-4-17-19(35)20(34(13)2)33-23(32-17)31-11-14-8-15(9-28)21(30-10-14)37-16-5-6-18(29-12-16)24(25,26)27/h5-6,8,10,12-13H,3-4,7,11H2,1-2H3,(H,31,32,33). The fraction of sp³-hybridized carbons (Fsp3) is 0.333. The Kier molecular flexibility index (Phi) is 6.02. The van der Waals surface area contributed by atoms with Crippen LogP contribution in [0.2, 0.25) is 0 Å². The van der Waals surface area contributed by atoms with E-state index in [9.17, 15) is 23.2 Å². The summed E-state index contributed by atoms with van der Waals surface area (Å²) in [5, 5.41) is 12.7. The number of likely N-dealkylation sites (N-methyl/N-ethyl adjacent to an activating group) is 1. The summed E-state index contributed by atoms with van der Waals surface area (Å²) in [7, 11) is 1.83. The third-order valence-corrected chi connectivity index (χ3v) is 6.26. The van der Waals surface area contributed by atoms with Gasteiger partial charge in [-0.05, 0) is 43.5 Å². The SMILES string of the molecule is CC1C(=O)N2CCCc3nc(NCc4cnc(Oc5ccc(C(F)(F)F)nc5)c(C#N)c4)nc(c32)N1C. The Balaban J connectivity index is 1.33. The lowest BCUT2D eigenvalue weighted by atomic mass is 10.0. The van der Waals surface area contributed by atoms with Gasteiger partial charge in [0.25, 0.3) is 0 Å². The number of amides is 1. The number of alkyl halides is 3. The molecule has 0 radical (unpaired) electrons. The first-order valence-corrected chi connectivity index (χ1v) is 11.4. The molecule has 10 nitrogen and oxygen atoms in total. The molecule has 3 aromatic heterocycles. The number of carbonyl (C=O) groups excluding carboxylic acids is 1. The number of aryl methyl sites for hydroxylation is 1. The molecule has 5 rings (SSSR count). The van der Waals surface area contributed by atoms with Crippen molar-refractivity contribution in [3.8, 4) is 17.7 Å². The molecule has 5 heterocycles. The highest BCUT2D eigenvalue weighted by molar-refractivity contribution is 6.05. The highest BCUT2D eigenvalue weighted by atomic mass is 19.4. The number of nitriles is 1. The number of nitrogens with one attached hydrogen (secondary N) is 1. The Morgan fingerprint density at radius 3 is 2.76 bits per heavy atom. The van der Waals surface area contributed by atoms with Crippen LogP contribution >= 0.6 is 0 Å². The van der Waals surface area contributed by atoms with E-state index in [-0.39, 0.29) is 35.7 Å². The number of pyridine rings is 2. The van der Waals surface area contributed by atoms with E-state index >= 15 is 0 Å². The van der Waals surface area contributed by atoms with Gasteiger partial charge in [0.15, 0.2) is 5.82 Å². The van der Waals surface area contributed by atoms with Gasteiger partial charge in [0, 0.05) is 26.3 Å². The molecule has 0 fully saturated rings. The molecule has 1 amide bonds. The summed E-state index contributed by atoms with van der Waals surface area (Å²) in [5.74, 6) is 1.07. The zero-order chi connectivity index (χ0) is 26.3. The Hall–Kier alpha value is -4.47. The van der Waals surface area contributed by atoms with Gasteiger partial charge < -0.3 is 19.9 Å². The van der Waals surface area contributed by atoms with Crippen LogP contribution in [0.3, 0.4) is 0 Å². The Labute approximate surface area is 209 Å². The van der Waals surface area contributed by atoms with E-state index < -0.39 is 11.9 Å². The zero-order valence-corrected chi connectivity index (χ0v) is 19.9. The number of anilines is 3. The van der Waals surface area contributed by atoms with Crippen molar-refractivity contribution in [1.82, 2.24) is 19.9 Å². The number of carbonyl (C=O) groups is 1. The lowest BCUT2D eigenvalue weighted by Gasteiger charge is -2.41. The molecule has 0 saturated heterocycles. The van der Waals surface area contributed by atoms with Gasteiger partial charge in [0.1, 0.15) is 34.8 Å². The monoisotopic (exact) mass is 510 g/mol. The van der Waals surface area contributed by atoms with Gasteiger partial charge in [-0.15, -0.1) is 0 Å². The smallest absolute Gasteiger partial charge is 0.433 e. The molecule has 1 N–H and O–H groups in total. The molecule has 37 heavy (non-hydrogen) atoms. The third-order valence-electron chi connectivity index (χ3n) is 6.26. The number of nitrogens with zero attached hydrogens (tertiary/aromatic N) is 7. The molecule has 0 aliphatic carbocycles. The average molecular weight is 510 g/mol. The molecule has 1 unspecified atom stereocenters. The molecule has 3 aromatic rings. The second-order valence-corrected chi connectivity index (χ2v) is 8.69. The van der Waals surface area contributed by atoms with Crippen molar-refractivity contribution in [2.45, 2.75) is 38.5 Å². The maximum Gasteiger partial charge on any atom is 0.433 e. The summed E-state index contributed by atoms with van der Waals surface area (Å²) < 4.78 is 43.6. The van der Waals surface area contributed by atoms with E-state index in [1.54, 1.807) is 11.0 Å². The van der Waals surface area contributed by atoms with Gasteiger partial charge in [-0.2, -0.15) is 23.4 Å². The Morgan fingerprint density at radius 2 is 2.05 bits per heavy atom. The van der Waals surface area contributed by atoms with E-state index in [1.807, 2.05) is 24.9 Å². The van der Waals surface area contributed by atoms with Gasteiger partial charge in [0.2, 0.25) is 17.7 Å². The van der Waals surface area contributed by atoms with Crippen LogP contribution in [-0.4, -0.2) is 45.5 Å². The quantitative estimate of drug-likeness (QED) is 0.548. The zero-order valence-electron chi connectivity index (χ0n) is 19.9. The predicted molar refractivity (Wildman–Crippen MR) is 126 cm³/mol. The van der Waals surface area contributed by atoms with Crippen molar-refractivity contribution in [2.24, 2.45) is 0 Å². The lowest BCUT2D eigenvalue weighted by molar-refractivity contribution is -0.141. The van der Waals surface area contributed by atoms with Crippen LogP contribution in [0, 0.1) is 11.3 Å². The fourth-order valence-electron chi connectivity index (χ4n) is 4.23. The summed E-state index contributed by atoms with van der Waals surface area (Å²) in [4.78, 5) is 33.0. The van der Waals surface area contributed by atoms with Crippen molar-refractivity contribution < 1.29 is 22.7 Å². The predicted octanol–water partition coefficient (Wildman–Crippen LogP) is 3.68. The largest absolute Gasteiger partial charge is 0.436 e. The summed E-state index contributed by atoms with van der Waals surface area (Å²) >= 11 is 0. The van der Waals surface area contributed by atoms with E-state index in [4.69, 9.17) is 4.74 Å². The van der Waals surface area contributed by atoms with Crippen molar-refractivity contribution in [2.75, 3.05) is 28.7 Å². The topological polar surface area (TPSA) is 120 Å². The van der Waals surface area contributed by atoms with Crippen LogP contribution < -0.4 is 19.9 Å². The van der Waals surface area contributed by atoms with Crippen LogP contribution in [0.1, 0.15) is 35.9 Å². The maximum atomic E-state index is 12.7. The van der Waals surface area contributed by atoms with Crippen LogP contribution in [-0.2, 0) is 23.9 Å². The van der Waals surface area contributed by atoms with Gasteiger partial charge in [-0.3, -0.25) is 4.79 Å². The van der Waals surface area contributed by atoms with Gasteiger partial charge in [-0.1, -0.05) is 0 Å². The van der Waals surface area contributed by atoms with Gasteiger partial charge in [-0.25, -0.2) is 15.0 Å². The highest BCUT2D eigenvalue weighted by Gasteiger charge is 2.38. The molecular formula is C24H21F3N8O2. The van der Waals surface area contributed by atoms with Crippen LogP contribution in [0.15, 0.2) is 30.6 Å². The number of ether oxygens (including phenoxy) is 1. The highest BCUT2D eigenvalue weighted by Crippen LogP contribution is 2.39. The Morgan fingerprint density at radius 1 is 1.24 bits per heavy atom. The van der Waals surface area contributed by atoms with Crippen LogP contribution in [0.4, 0.5) is 30.6 Å². The first-order valence-electron chi connectivity index (χ1n) is 11.4. The summed E-state index contributed by atoms with van der Waals surface area (Å²) in [6, 6.07) is 5.11. The minimum atomic E-state index is -4.56. The maximum absolute atomic E-state index is 12.7.